The first-order chi connectivity index (χ1) is 2.80. The molecule has 2 heteroatoms. The van der Waals surface area contributed by atoms with Crippen LogP contribution in [0.5, 0.6) is 0 Å². The first-order valence-corrected chi connectivity index (χ1v) is 1.54. The fraction of sp³-hybridized carbons (Fsp3) is 0. The highest BCUT2D eigenvalue weighted by Gasteiger charge is 2.05. The van der Waals surface area contributed by atoms with Crippen LogP contribution in [0.25, 0.3) is 0 Å². The number of allylic oxidation sites excluding steroid dienone is 3. The van der Waals surface area contributed by atoms with Crippen molar-refractivity contribution in [2.24, 2.45) is 0 Å². The summed E-state index contributed by atoms with van der Waals surface area (Å²) in [7, 11) is 0. The Morgan fingerprint density at radius 2 is 1.83 bits per heavy atom. The highest BCUT2D eigenvalue weighted by Crippen LogP contribution is 2.20. The van der Waals surface area contributed by atoms with E-state index in [1.54, 1.807) is 0 Å². The normalized spacial score (nSPS) is 15.3. The Hall–Kier alpha value is -0.660. The molecule has 0 fully saturated rings. The summed E-state index contributed by atoms with van der Waals surface area (Å²) in [6, 6.07) is 0. The van der Waals surface area contributed by atoms with Gasteiger partial charge in [0.15, 0.2) is 0 Å². The maximum absolute atomic E-state index is 11.0. The van der Waals surface area contributed by atoms with Crippen LogP contribution in [0.15, 0.2) is 23.8 Å². The summed E-state index contributed by atoms with van der Waals surface area (Å²) in [6.45, 7) is 0. The summed E-state index contributed by atoms with van der Waals surface area (Å²) in [5.41, 5.74) is 0.0926. The van der Waals surface area contributed by atoms with E-state index in [1.807, 2.05) is 0 Å². The number of rotatable bonds is 0. The summed E-state index contributed by atoms with van der Waals surface area (Å²) in [4.78, 5) is 0. The Morgan fingerprint density at radius 3 is 1.83 bits per heavy atom. The van der Waals surface area contributed by atoms with Crippen LogP contribution in [-0.4, -0.2) is 0 Å². The van der Waals surface area contributed by atoms with Gasteiger partial charge in [0.1, 0.15) is 0 Å². The lowest BCUT2D eigenvalue weighted by molar-refractivity contribution is 0.419. The van der Waals surface area contributed by atoms with Crippen LogP contribution in [-0.2, 0) is 0 Å². The lowest BCUT2D eigenvalue weighted by atomic mass is 10.6. The number of halogens is 2. The highest BCUT2D eigenvalue weighted by molar-refractivity contribution is 5.46. The zero-order valence-corrected chi connectivity index (χ0v) is 2.91. The standard InChI is InChI=1S/C4H2F2/c5-4(6)3-1-2-3/h1-2H. The molecule has 0 aromatic rings. The molecule has 0 atom stereocenters. The van der Waals surface area contributed by atoms with Crippen LogP contribution >= 0.6 is 0 Å². The van der Waals surface area contributed by atoms with Crippen molar-refractivity contribution in [2.75, 3.05) is 0 Å². The van der Waals surface area contributed by atoms with Gasteiger partial charge in [-0.25, -0.2) is 0 Å². The Bertz CT molecular complexity index is 110. The molecule has 32 valence electrons. The third-order valence-electron chi connectivity index (χ3n) is 0.552. The summed E-state index contributed by atoms with van der Waals surface area (Å²) in [5, 5.41) is 0. The van der Waals surface area contributed by atoms with Gasteiger partial charge < -0.3 is 0 Å². The van der Waals surface area contributed by atoms with Crippen LogP contribution in [0.3, 0.4) is 0 Å². The minimum Gasteiger partial charge on any atom is -0.173 e. The molecule has 0 aliphatic heterocycles. The minimum atomic E-state index is -1.57. The Morgan fingerprint density at radius 1 is 1.33 bits per heavy atom. The molecule has 0 N–H and O–H groups in total. The van der Waals surface area contributed by atoms with Crippen LogP contribution in [0.1, 0.15) is 0 Å². The van der Waals surface area contributed by atoms with Crippen molar-refractivity contribution < 1.29 is 8.78 Å². The quantitative estimate of drug-likeness (QED) is 0.422. The smallest absolute Gasteiger partial charge is 0.173 e. The minimum absolute atomic E-state index is 0.0926. The molecule has 0 aromatic carbocycles. The SMILES string of the molecule is FC(F)=C1C=C1. The molecule has 1 aliphatic rings. The van der Waals surface area contributed by atoms with E-state index in [4.69, 9.17) is 0 Å². The van der Waals surface area contributed by atoms with E-state index < -0.39 is 6.08 Å². The predicted octanol–water partition coefficient (Wildman–Crippen LogP) is 1.71. The zero-order valence-electron chi connectivity index (χ0n) is 2.91. The van der Waals surface area contributed by atoms with Crippen molar-refractivity contribution in [3.63, 3.8) is 0 Å². The molecule has 0 nitrogen and oxygen atoms in total. The van der Waals surface area contributed by atoms with Crippen molar-refractivity contribution in [1.82, 2.24) is 0 Å². The summed E-state index contributed by atoms with van der Waals surface area (Å²) in [5.74, 6) is 0. The van der Waals surface area contributed by atoms with Crippen molar-refractivity contribution in [3.05, 3.63) is 23.8 Å². The highest BCUT2D eigenvalue weighted by atomic mass is 19.3. The van der Waals surface area contributed by atoms with Gasteiger partial charge in [-0.15, -0.1) is 0 Å². The van der Waals surface area contributed by atoms with Crippen LogP contribution in [0.4, 0.5) is 8.78 Å². The molecule has 0 radical (unpaired) electrons. The fourth-order valence-corrected chi connectivity index (χ4v) is 0.168. The molecule has 0 saturated carbocycles. The molecule has 0 saturated heterocycles. The van der Waals surface area contributed by atoms with Crippen LogP contribution in [0, 0.1) is 0 Å². The van der Waals surface area contributed by atoms with Crippen molar-refractivity contribution in [2.45, 2.75) is 0 Å². The second-order valence-electron chi connectivity index (χ2n) is 1.05. The van der Waals surface area contributed by atoms with Crippen molar-refractivity contribution in [3.8, 4) is 0 Å². The van der Waals surface area contributed by atoms with E-state index in [9.17, 15) is 8.78 Å². The molecule has 1 rings (SSSR count). The summed E-state index contributed by atoms with van der Waals surface area (Å²) >= 11 is 0. The van der Waals surface area contributed by atoms with E-state index in [2.05, 4.69) is 0 Å². The maximum atomic E-state index is 11.0. The van der Waals surface area contributed by atoms with Gasteiger partial charge in [-0.3, -0.25) is 0 Å². The molecular formula is C4H2F2. The molecule has 0 bridgehead atoms. The van der Waals surface area contributed by atoms with Gasteiger partial charge >= 0.3 is 0 Å². The molecule has 0 aromatic heterocycles. The third-order valence-corrected chi connectivity index (χ3v) is 0.552. The van der Waals surface area contributed by atoms with Crippen LogP contribution in [0.2, 0.25) is 0 Å². The van der Waals surface area contributed by atoms with E-state index in [0.29, 0.717) is 0 Å². The summed E-state index contributed by atoms with van der Waals surface area (Å²) < 4.78 is 22.1. The number of hydrogen-bond donors (Lipinski definition) is 0. The average Bonchev–Trinajstić information content (AvgIpc) is 2.06. The second kappa shape index (κ2) is 0.899. The Kier molecular flexibility index (Phi) is 0.528. The number of hydrogen-bond acceptors (Lipinski definition) is 0. The van der Waals surface area contributed by atoms with Gasteiger partial charge in [-0.05, 0) is 12.2 Å². The van der Waals surface area contributed by atoms with E-state index in [0.717, 1.165) is 0 Å². The van der Waals surface area contributed by atoms with Gasteiger partial charge in [-0.1, -0.05) is 0 Å². The second-order valence-corrected chi connectivity index (χ2v) is 1.05. The Labute approximate surface area is 33.8 Å². The first kappa shape index (κ1) is 3.53. The van der Waals surface area contributed by atoms with Gasteiger partial charge in [-0.2, -0.15) is 8.78 Å². The van der Waals surface area contributed by atoms with E-state index >= 15 is 0 Å². The lowest BCUT2D eigenvalue weighted by Crippen LogP contribution is -1.50. The van der Waals surface area contributed by atoms with Gasteiger partial charge in [0.25, 0.3) is 6.08 Å². The fourth-order valence-electron chi connectivity index (χ4n) is 0.168. The molecule has 0 spiro atoms. The largest absolute Gasteiger partial charge is 0.277 e. The monoisotopic (exact) mass is 88.0 g/mol. The van der Waals surface area contributed by atoms with Crippen molar-refractivity contribution >= 4 is 0 Å². The summed E-state index contributed by atoms with van der Waals surface area (Å²) in [6.07, 6.45) is 1.17. The molecule has 0 heterocycles. The molecular weight excluding hydrogens is 86.0 g/mol. The van der Waals surface area contributed by atoms with Crippen molar-refractivity contribution in [1.29, 1.82) is 0 Å². The van der Waals surface area contributed by atoms with E-state index in [-0.39, 0.29) is 5.57 Å². The molecule has 1 aliphatic carbocycles. The predicted molar refractivity (Wildman–Crippen MR) is 18.4 cm³/mol. The first-order valence-electron chi connectivity index (χ1n) is 1.54. The zero-order chi connectivity index (χ0) is 4.57. The third kappa shape index (κ3) is 0.455. The van der Waals surface area contributed by atoms with Gasteiger partial charge in [0.05, 0.1) is 0 Å². The lowest BCUT2D eigenvalue weighted by Gasteiger charge is -1.66. The molecule has 0 unspecified atom stereocenters. The topological polar surface area (TPSA) is 0 Å². The van der Waals surface area contributed by atoms with Gasteiger partial charge in [0.2, 0.25) is 0 Å². The van der Waals surface area contributed by atoms with E-state index in [1.165, 1.54) is 12.2 Å². The average molecular weight is 88.1 g/mol. The molecule has 6 heavy (non-hydrogen) atoms. The maximum Gasteiger partial charge on any atom is 0.277 e. The van der Waals surface area contributed by atoms with Crippen LogP contribution < -0.4 is 0 Å². The Balaban J connectivity index is 2.66. The van der Waals surface area contributed by atoms with Gasteiger partial charge in [0, 0.05) is 5.57 Å². The molecule has 0 amide bonds.